The number of esters is 1. The standard InChI is InChI=1S/C24H30N2O2/c27-23-24(11-3-4-12-24)18-20(28-23)10-13-25-14-16-26(17-15-25)22-9-5-7-19-6-1-2-8-21(19)22/h1-2,5-9,20H,3-4,10-18H2. The first-order valence-electron chi connectivity index (χ1n) is 10.9. The van der Waals surface area contributed by atoms with Crippen LogP contribution in [0.15, 0.2) is 42.5 Å². The van der Waals surface area contributed by atoms with Gasteiger partial charge in [-0.15, -0.1) is 0 Å². The number of hydrogen-bond acceptors (Lipinski definition) is 4. The van der Waals surface area contributed by atoms with E-state index in [2.05, 4.69) is 52.3 Å². The van der Waals surface area contributed by atoms with Crippen LogP contribution >= 0.6 is 0 Å². The first-order chi connectivity index (χ1) is 13.7. The third-order valence-corrected chi connectivity index (χ3v) is 7.13. The Hall–Kier alpha value is -2.07. The molecule has 0 aromatic heterocycles. The molecule has 1 atom stereocenters. The van der Waals surface area contributed by atoms with Crippen LogP contribution in [-0.2, 0) is 9.53 Å². The lowest BCUT2D eigenvalue weighted by molar-refractivity contribution is -0.148. The molecule has 0 amide bonds. The van der Waals surface area contributed by atoms with Gasteiger partial charge in [0.05, 0.1) is 5.41 Å². The number of ether oxygens (including phenoxy) is 1. The third kappa shape index (κ3) is 3.28. The van der Waals surface area contributed by atoms with E-state index < -0.39 is 0 Å². The summed E-state index contributed by atoms with van der Waals surface area (Å²) in [6.07, 6.45) is 6.57. The average molecular weight is 379 g/mol. The molecule has 0 radical (unpaired) electrons. The molecule has 28 heavy (non-hydrogen) atoms. The van der Waals surface area contributed by atoms with E-state index in [9.17, 15) is 4.79 Å². The summed E-state index contributed by atoms with van der Waals surface area (Å²) in [4.78, 5) is 17.4. The second kappa shape index (κ2) is 7.40. The SMILES string of the molecule is O=C1OC(CCN2CCN(c3cccc4ccccc34)CC2)CC12CCCC2. The highest BCUT2D eigenvalue weighted by Gasteiger charge is 2.50. The Bertz CT molecular complexity index is 845. The second-order valence-electron chi connectivity index (χ2n) is 8.83. The summed E-state index contributed by atoms with van der Waals surface area (Å²) in [6, 6.07) is 15.3. The Balaban J connectivity index is 1.15. The molecule has 1 unspecified atom stereocenters. The van der Waals surface area contributed by atoms with E-state index in [0.29, 0.717) is 0 Å². The van der Waals surface area contributed by atoms with Crippen molar-refractivity contribution in [2.45, 2.75) is 44.6 Å². The molecule has 2 heterocycles. The number of rotatable bonds is 4. The normalized spacial score (nSPS) is 24.9. The maximum Gasteiger partial charge on any atom is 0.312 e. The van der Waals surface area contributed by atoms with Crippen molar-refractivity contribution in [3.8, 4) is 0 Å². The number of benzene rings is 2. The number of fused-ring (bicyclic) bond motifs is 1. The fraction of sp³-hybridized carbons (Fsp3) is 0.542. The molecule has 1 spiro atoms. The summed E-state index contributed by atoms with van der Waals surface area (Å²) < 4.78 is 5.75. The topological polar surface area (TPSA) is 32.8 Å². The van der Waals surface area contributed by atoms with Gasteiger partial charge in [-0.2, -0.15) is 0 Å². The third-order valence-electron chi connectivity index (χ3n) is 7.13. The van der Waals surface area contributed by atoms with E-state index in [0.717, 1.165) is 58.4 Å². The summed E-state index contributed by atoms with van der Waals surface area (Å²) in [6.45, 7) is 5.31. The number of nitrogens with zero attached hydrogens (tertiary/aromatic N) is 2. The molecule has 4 nitrogen and oxygen atoms in total. The molecular weight excluding hydrogens is 348 g/mol. The van der Waals surface area contributed by atoms with Crippen LogP contribution < -0.4 is 4.90 Å². The first-order valence-corrected chi connectivity index (χ1v) is 10.9. The molecule has 2 aliphatic heterocycles. The molecule has 2 saturated heterocycles. The Morgan fingerprint density at radius 2 is 1.71 bits per heavy atom. The molecule has 2 aromatic carbocycles. The maximum absolute atomic E-state index is 12.3. The highest BCUT2D eigenvalue weighted by molar-refractivity contribution is 5.94. The Labute approximate surface area is 167 Å². The number of cyclic esters (lactones) is 1. The van der Waals surface area contributed by atoms with Crippen LogP contribution in [0.5, 0.6) is 0 Å². The van der Waals surface area contributed by atoms with Crippen LogP contribution in [0.2, 0.25) is 0 Å². The number of anilines is 1. The molecule has 2 aromatic rings. The number of carbonyl (C=O) groups excluding carboxylic acids is 1. The Morgan fingerprint density at radius 3 is 2.54 bits per heavy atom. The molecule has 1 saturated carbocycles. The largest absolute Gasteiger partial charge is 0.462 e. The van der Waals surface area contributed by atoms with Crippen LogP contribution in [0.3, 0.4) is 0 Å². The van der Waals surface area contributed by atoms with E-state index in [-0.39, 0.29) is 17.5 Å². The van der Waals surface area contributed by atoms with E-state index >= 15 is 0 Å². The van der Waals surface area contributed by atoms with Gasteiger partial charge in [-0.3, -0.25) is 9.69 Å². The molecule has 3 aliphatic rings. The Kier molecular flexibility index (Phi) is 4.75. The predicted octanol–water partition coefficient (Wildman–Crippen LogP) is 4.23. The Morgan fingerprint density at radius 1 is 0.964 bits per heavy atom. The minimum atomic E-state index is -0.113. The molecule has 4 heteroatoms. The monoisotopic (exact) mass is 378 g/mol. The minimum absolute atomic E-state index is 0.0933. The zero-order valence-electron chi connectivity index (χ0n) is 16.6. The van der Waals surface area contributed by atoms with Gasteiger partial charge in [-0.1, -0.05) is 49.2 Å². The van der Waals surface area contributed by atoms with Crippen molar-refractivity contribution in [3.63, 3.8) is 0 Å². The summed E-state index contributed by atoms with van der Waals surface area (Å²) in [7, 11) is 0. The summed E-state index contributed by atoms with van der Waals surface area (Å²) in [5.74, 6) is 0.0933. The number of piperazine rings is 1. The minimum Gasteiger partial charge on any atom is -0.462 e. The quantitative estimate of drug-likeness (QED) is 0.746. The fourth-order valence-electron chi connectivity index (χ4n) is 5.48. The van der Waals surface area contributed by atoms with Gasteiger partial charge in [0.25, 0.3) is 0 Å². The maximum atomic E-state index is 12.3. The lowest BCUT2D eigenvalue weighted by atomic mass is 9.83. The molecule has 1 aliphatic carbocycles. The van der Waals surface area contributed by atoms with Crippen molar-refractivity contribution in [2.24, 2.45) is 5.41 Å². The average Bonchev–Trinajstić information content (AvgIpc) is 3.34. The second-order valence-corrected chi connectivity index (χ2v) is 8.83. The van der Waals surface area contributed by atoms with E-state index in [1.54, 1.807) is 0 Å². The van der Waals surface area contributed by atoms with Crippen molar-refractivity contribution in [2.75, 3.05) is 37.6 Å². The van der Waals surface area contributed by atoms with Crippen LogP contribution in [0.1, 0.15) is 38.5 Å². The zero-order chi connectivity index (χ0) is 19.0. The number of hydrogen-bond donors (Lipinski definition) is 0. The van der Waals surface area contributed by atoms with Crippen LogP contribution in [0, 0.1) is 5.41 Å². The van der Waals surface area contributed by atoms with E-state index in [4.69, 9.17) is 4.74 Å². The predicted molar refractivity (Wildman–Crippen MR) is 113 cm³/mol. The summed E-state index contributed by atoms with van der Waals surface area (Å²) in [5, 5.41) is 2.66. The van der Waals surface area contributed by atoms with Gasteiger partial charge < -0.3 is 9.64 Å². The molecule has 3 fully saturated rings. The van der Waals surface area contributed by atoms with Gasteiger partial charge in [0.2, 0.25) is 0 Å². The van der Waals surface area contributed by atoms with Crippen LogP contribution in [0.4, 0.5) is 5.69 Å². The fourth-order valence-corrected chi connectivity index (χ4v) is 5.48. The van der Waals surface area contributed by atoms with Gasteiger partial charge in [0.15, 0.2) is 0 Å². The van der Waals surface area contributed by atoms with Crippen molar-refractivity contribution >= 4 is 22.4 Å². The zero-order valence-corrected chi connectivity index (χ0v) is 16.6. The molecule has 0 N–H and O–H groups in total. The van der Waals surface area contributed by atoms with Gasteiger partial charge in [-0.05, 0) is 30.7 Å². The summed E-state index contributed by atoms with van der Waals surface area (Å²) in [5.41, 5.74) is 1.24. The van der Waals surface area contributed by atoms with Crippen molar-refractivity contribution in [1.29, 1.82) is 0 Å². The van der Waals surface area contributed by atoms with Crippen molar-refractivity contribution < 1.29 is 9.53 Å². The highest BCUT2D eigenvalue weighted by Crippen LogP contribution is 2.48. The first kappa shape index (κ1) is 18.0. The van der Waals surface area contributed by atoms with Crippen LogP contribution in [0.25, 0.3) is 10.8 Å². The van der Waals surface area contributed by atoms with E-state index in [1.165, 1.54) is 29.3 Å². The number of carbonyl (C=O) groups is 1. The van der Waals surface area contributed by atoms with Crippen molar-refractivity contribution in [1.82, 2.24) is 4.90 Å². The summed E-state index contributed by atoms with van der Waals surface area (Å²) >= 11 is 0. The van der Waals surface area contributed by atoms with Crippen molar-refractivity contribution in [3.05, 3.63) is 42.5 Å². The van der Waals surface area contributed by atoms with Crippen LogP contribution in [-0.4, -0.2) is 49.7 Å². The molecular formula is C24H30N2O2. The smallest absolute Gasteiger partial charge is 0.312 e. The van der Waals surface area contributed by atoms with Gasteiger partial charge in [-0.25, -0.2) is 0 Å². The lowest BCUT2D eigenvalue weighted by Gasteiger charge is -2.37. The van der Waals surface area contributed by atoms with Gasteiger partial charge in [0.1, 0.15) is 6.10 Å². The van der Waals surface area contributed by atoms with Gasteiger partial charge in [0, 0.05) is 50.2 Å². The molecule has 5 rings (SSSR count). The molecule has 0 bridgehead atoms. The van der Waals surface area contributed by atoms with Gasteiger partial charge >= 0.3 is 5.97 Å². The lowest BCUT2D eigenvalue weighted by Crippen LogP contribution is -2.47. The molecule has 148 valence electrons. The highest BCUT2D eigenvalue weighted by atomic mass is 16.6. The van der Waals surface area contributed by atoms with E-state index in [1.807, 2.05) is 0 Å².